The monoisotopic (exact) mass is 276 g/mol. The van der Waals surface area contributed by atoms with Crippen molar-refractivity contribution in [3.05, 3.63) is 32.8 Å². The molecule has 0 amide bonds. The highest BCUT2D eigenvalue weighted by molar-refractivity contribution is 9.10. The van der Waals surface area contributed by atoms with Gasteiger partial charge < -0.3 is 5.11 Å². The number of halogens is 2. The van der Waals surface area contributed by atoms with Crippen LogP contribution in [0.1, 0.15) is 31.1 Å². The Balaban J connectivity index is 3.17. The summed E-state index contributed by atoms with van der Waals surface area (Å²) in [7, 11) is 0. The predicted octanol–water partition coefficient (Wildman–Crippen LogP) is 4.10. The lowest BCUT2D eigenvalue weighted by molar-refractivity contribution is 0.127. The summed E-state index contributed by atoms with van der Waals surface area (Å²) in [6.07, 6.45) is -0.491. The summed E-state index contributed by atoms with van der Waals surface area (Å²) in [4.78, 5) is 0. The molecule has 14 heavy (non-hydrogen) atoms. The molecule has 0 aliphatic carbocycles. The molecule has 1 aromatic rings. The number of hydrogen-bond donors (Lipinski definition) is 1. The Labute approximate surface area is 98.2 Å². The van der Waals surface area contributed by atoms with Gasteiger partial charge in [0.25, 0.3) is 0 Å². The van der Waals surface area contributed by atoms with Crippen LogP contribution in [0.4, 0.5) is 0 Å². The van der Waals surface area contributed by atoms with E-state index < -0.39 is 6.10 Å². The third-order valence-electron chi connectivity index (χ3n) is 2.30. The van der Waals surface area contributed by atoms with Gasteiger partial charge in [-0.25, -0.2) is 0 Å². The van der Waals surface area contributed by atoms with Crippen LogP contribution in [0.15, 0.2) is 16.6 Å². The summed E-state index contributed by atoms with van der Waals surface area (Å²) >= 11 is 9.55. The fourth-order valence-electron chi connectivity index (χ4n) is 1.27. The molecule has 0 aliphatic rings. The maximum Gasteiger partial charge on any atom is 0.0827 e. The van der Waals surface area contributed by atoms with E-state index >= 15 is 0 Å². The van der Waals surface area contributed by atoms with Gasteiger partial charge in [-0.2, -0.15) is 0 Å². The molecule has 0 radical (unpaired) electrons. The minimum atomic E-state index is -0.491. The van der Waals surface area contributed by atoms with Gasteiger partial charge in [0.15, 0.2) is 0 Å². The van der Waals surface area contributed by atoms with Gasteiger partial charge in [0.05, 0.1) is 11.1 Å². The molecule has 1 N–H and O–H groups in total. The van der Waals surface area contributed by atoms with Gasteiger partial charge in [0.1, 0.15) is 0 Å². The lowest BCUT2D eigenvalue weighted by Gasteiger charge is -2.17. The minimum Gasteiger partial charge on any atom is -0.388 e. The maximum atomic E-state index is 9.89. The standard InChI is InChI=1S/C11H14BrClO/c1-6(2)11(14)8-4-5-9(12)7(3)10(8)13/h4-6,11,14H,1-3H3. The summed E-state index contributed by atoms with van der Waals surface area (Å²) in [5.41, 5.74) is 1.78. The first-order valence-corrected chi connectivity index (χ1v) is 5.74. The minimum absolute atomic E-state index is 0.174. The van der Waals surface area contributed by atoms with E-state index in [1.807, 2.05) is 32.9 Å². The summed E-state index contributed by atoms with van der Waals surface area (Å²) in [5.74, 6) is 0.174. The number of rotatable bonds is 2. The average molecular weight is 278 g/mol. The van der Waals surface area contributed by atoms with E-state index in [1.54, 1.807) is 0 Å². The smallest absolute Gasteiger partial charge is 0.0827 e. The number of hydrogen-bond acceptors (Lipinski definition) is 1. The van der Waals surface area contributed by atoms with Gasteiger partial charge in [-0.15, -0.1) is 0 Å². The van der Waals surface area contributed by atoms with Crippen molar-refractivity contribution in [2.24, 2.45) is 5.92 Å². The van der Waals surface area contributed by atoms with Crippen LogP contribution in [0.25, 0.3) is 0 Å². The molecule has 0 spiro atoms. The molecular formula is C11H14BrClO. The lowest BCUT2D eigenvalue weighted by atomic mass is 9.98. The van der Waals surface area contributed by atoms with Gasteiger partial charge in [0, 0.05) is 4.47 Å². The zero-order chi connectivity index (χ0) is 10.9. The van der Waals surface area contributed by atoms with Gasteiger partial charge in [-0.1, -0.05) is 47.4 Å². The van der Waals surface area contributed by atoms with Crippen molar-refractivity contribution in [1.29, 1.82) is 0 Å². The molecule has 0 aliphatic heterocycles. The van der Waals surface area contributed by atoms with Crippen molar-refractivity contribution in [2.45, 2.75) is 26.9 Å². The molecule has 0 heterocycles. The van der Waals surface area contributed by atoms with Crippen LogP contribution in [0.5, 0.6) is 0 Å². The molecule has 1 rings (SSSR count). The first kappa shape index (κ1) is 12.0. The Morgan fingerprint density at radius 3 is 2.43 bits per heavy atom. The zero-order valence-electron chi connectivity index (χ0n) is 8.51. The predicted molar refractivity (Wildman–Crippen MR) is 63.7 cm³/mol. The van der Waals surface area contributed by atoms with Crippen molar-refractivity contribution in [1.82, 2.24) is 0 Å². The quantitative estimate of drug-likeness (QED) is 0.863. The molecular weight excluding hydrogens is 263 g/mol. The molecule has 0 aromatic heterocycles. The van der Waals surface area contributed by atoms with E-state index in [2.05, 4.69) is 15.9 Å². The van der Waals surface area contributed by atoms with Crippen molar-refractivity contribution >= 4 is 27.5 Å². The third-order valence-corrected chi connectivity index (χ3v) is 3.66. The Bertz CT molecular complexity index is 336. The largest absolute Gasteiger partial charge is 0.388 e. The Morgan fingerprint density at radius 2 is 1.93 bits per heavy atom. The second kappa shape index (κ2) is 4.65. The number of aliphatic hydroxyl groups excluding tert-OH is 1. The second-order valence-corrected chi connectivity index (χ2v) is 5.00. The second-order valence-electron chi connectivity index (χ2n) is 3.76. The molecule has 0 bridgehead atoms. The zero-order valence-corrected chi connectivity index (χ0v) is 10.9. The van der Waals surface area contributed by atoms with Crippen LogP contribution < -0.4 is 0 Å². The molecule has 1 atom stereocenters. The van der Waals surface area contributed by atoms with Gasteiger partial charge >= 0.3 is 0 Å². The summed E-state index contributed by atoms with van der Waals surface area (Å²) in [6.45, 7) is 5.87. The summed E-state index contributed by atoms with van der Waals surface area (Å²) in [6, 6.07) is 3.78. The summed E-state index contributed by atoms with van der Waals surface area (Å²) < 4.78 is 0.974. The van der Waals surface area contributed by atoms with Gasteiger partial charge in [0.2, 0.25) is 0 Å². The molecule has 0 saturated carbocycles. The molecule has 1 unspecified atom stereocenters. The van der Waals surface area contributed by atoms with E-state index in [1.165, 1.54) is 0 Å². The molecule has 0 fully saturated rings. The molecule has 0 saturated heterocycles. The highest BCUT2D eigenvalue weighted by Gasteiger charge is 2.17. The van der Waals surface area contributed by atoms with E-state index in [9.17, 15) is 5.11 Å². The summed E-state index contributed by atoms with van der Waals surface area (Å²) in [5, 5.41) is 10.5. The SMILES string of the molecule is Cc1c(Br)ccc(C(O)C(C)C)c1Cl. The van der Waals surface area contributed by atoms with Crippen molar-refractivity contribution in [3.8, 4) is 0 Å². The highest BCUT2D eigenvalue weighted by Crippen LogP contribution is 2.33. The van der Waals surface area contributed by atoms with E-state index in [0.717, 1.165) is 15.6 Å². The van der Waals surface area contributed by atoms with E-state index in [0.29, 0.717) is 5.02 Å². The Morgan fingerprint density at radius 1 is 1.36 bits per heavy atom. The average Bonchev–Trinajstić information content (AvgIpc) is 2.13. The lowest BCUT2D eigenvalue weighted by Crippen LogP contribution is -2.06. The third kappa shape index (κ3) is 2.30. The fraction of sp³-hybridized carbons (Fsp3) is 0.455. The molecule has 1 nitrogen and oxygen atoms in total. The highest BCUT2D eigenvalue weighted by atomic mass is 79.9. The fourth-order valence-corrected chi connectivity index (χ4v) is 1.99. The van der Waals surface area contributed by atoms with Crippen molar-refractivity contribution in [2.75, 3.05) is 0 Å². The number of aliphatic hydroxyl groups is 1. The van der Waals surface area contributed by atoms with Crippen LogP contribution in [0, 0.1) is 12.8 Å². The molecule has 3 heteroatoms. The Hall–Kier alpha value is -0.0500. The maximum absolute atomic E-state index is 9.89. The topological polar surface area (TPSA) is 20.2 Å². The van der Waals surface area contributed by atoms with Crippen LogP contribution in [-0.4, -0.2) is 5.11 Å². The molecule has 78 valence electrons. The number of benzene rings is 1. The van der Waals surface area contributed by atoms with E-state index in [4.69, 9.17) is 11.6 Å². The normalized spacial score (nSPS) is 13.4. The first-order chi connectivity index (χ1) is 6.45. The first-order valence-electron chi connectivity index (χ1n) is 4.57. The van der Waals surface area contributed by atoms with Crippen molar-refractivity contribution in [3.63, 3.8) is 0 Å². The van der Waals surface area contributed by atoms with Crippen molar-refractivity contribution < 1.29 is 5.11 Å². The van der Waals surface area contributed by atoms with Crippen LogP contribution in [0.2, 0.25) is 5.02 Å². The van der Waals surface area contributed by atoms with Crippen LogP contribution in [0.3, 0.4) is 0 Å². The van der Waals surface area contributed by atoms with Gasteiger partial charge in [-0.05, 0) is 30.0 Å². The molecule has 1 aromatic carbocycles. The Kier molecular flexibility index (Phi) is 3.99. The van der Waals surface area contributed by atoms with Crippen LogP contribution in [-0.2, 0) is 0 Å². The van der Waals surface area contributed by atoms with E-state index in [-0.39, 0.29) is 5.92 Å². The van der Waals surface area contributed by atoms with Gasteiger partial charge in [-0.3, -0.25) is 0 Å². The van der Waals surface area contributed by atoms with Crippen LogP contribution >= 0.6 is 27.5 Å².